The predicted octanol–water partition coefficient (Wildman–Crippen LogP) is 1.94. The van der Waals surface area contributed by atoms with Crippen LogP contribution in [0.15, 0.2) is 55.0 Å². The molecule has 0 fully saturated rings. The molecule has 0 bridgehead atoms. The zero-order valence-corrected chi connectivity index (χ0v) is 13.3. The molecule has 0 aliphatic carbocycles. The highest BCUT2D eigenvalue weighted by Gasteiger charge is 2.18. The number of aromatic nitrogens is 2. The van der Waals surface area contributed by atoms with Crippen LogP contribution in [0.4, 0.5) is 0 Å². The second-order valence-electron chi connectivity index (χ2n) is 5.09. The normalized spacial score (nSPS) is 9.92. The van der Waals surface area contributed by atoms with Gasteiger partial charge < -0.3 is 15.0 Å². The monoisotopic (exact) mass is 333 g/mol. The predicted molar refractivity (Wildman–Crippen MR) is 93.1 cm³/mol. The standard InChI is InChI=1S/C19H15N3O3/c23-18(16-13-22-17-8-2-1-7-15(16)17)19(24)21-10-3-4-11-25-14-6-5-9-20-12-14/h1-2,5-9,12-13,22H,10-11H2,(H,21,24). The summed E-state index contributed by atoms with van der Waals surface area (Å²) in [5, 5.41) is 3.21. The van der Waals surface area contributed by atoms with Gasteiger partial charge in [-0.15, -0.1) is 0 Å². The third-order valence-corrected chi connectivity index (χ3v) is 3.45. The smallest absolute Gasteiger partial charge is 0.293 e. The summed E-state index contributed by atoms with van der Waals surface area (Å²) in [7, 11) is 0. The number of fused-ring (bicyclic) bond motifs is 1. The number of pyridine rings is 1. The molecule has 0 aliphatic heterocycles. The average Bonchev–Trinajstić information content (AvgIpc) is 3.08. The summed E-state index contributed by atoms with van der Waals surface area (Å²) in [5.74, 6) is 4.84. The van der Waals surface area contributed by atoms with Crippen molar-refractivity contribution in [3.05, 3.63) is 60.6 Å². The zero-order chi connectivity index (χ0) is 17.5. The molecule has 6 nitrogen and oxygen atoms in total. The molecule has 2 N–H and O–H groups in total. The number of carbonyl (C=O) groups excluding carboxylic acids is 2. The fourth-order valence-electron chi connectivity index (χ4n) is 2.25. The number of rotatable bonds is 5. The Morgan fingerprint density at radius 3 is 2.88 bits per heavy atom. The first kappa shape index (κ1) is 16.3. The van der Waals surface area contributed by atoms with Gasteiger partial charge in [0, 0.05) is 23.3 Å². The largest absolute Gasteiger partial charge is 0.479 e. The Morgan fingerprint density at radius 1 is 1.16 bits per heavy atom. The molecule has 2 aromatic heterocycles. The van der Waals surface area contributed by atoms with Crippen molar-refractivity contribution in [2.45, 2.75) is 0 Å². The van der Waals surface area contributed by atoms with Gasteiger partial charge in [-0.05, 0) is 18.2 Å². The third-order valence-electron chi connectivity index (χ3n) is 3.45. The van der Waals surface area contributed by atoms with Crippen molar-refractivity contribution < 1.29 is 14.3 Å². The third kappa shape index (κ3) is 4.03. The van der Waals surface area contributed by atoms with Crippen LogP contribution >= 0.6 is 0 Å². The lowest BCUT2D eigenvalue weighted by Gasteiger charge is -2.00. The number of nitrogens with one attached hydrogen (secondary N) is 2. The minimum atomic E-state index is -0.688. The summed E-state index contributed by atoms with van der Waals surface area (Å²) in [6, 6.07) is 10.9. The quantitative estimate of drug-likeness (QED) is 0.425. The van der Waals surface area contributed by atoms with Gasteiger partial charge in [-0.2, -0.15) is 0 Å². The molecule has 2 heterocycles. The Labute approximate surface area is 144 Å². The summed E-state index contributed by atoms with van der Waals surface area (Å²) in [4.78, 5) is 31.1. The molecule has 1 aromatic carbocycles. The Morgan fingerprint density at radius 2 is 2.04 bits per heavy atom. The molecule has 25 heavy (non-hydrogen) atoms. The number of Topliss-reactive ketones (excluding diaryl/α,β-unsaturated/α-hetero) is 1. The van der Waals surface area contributed by atoms with Crippen molar-refractivity contribution in [2.24, 2.45) is 0 Å². The van der Waals surface area contributed by atoms with Crippen molar-refractivity contribution in [3.63, 3.8) is 0 Å². The van der Waals surface area contributed by atoms with E-state index in [1.807, 2.05) is 18.2 Å². The van der Waals surface area contributed by atoms with E-state index in [0.29, 0.717) is 11.3 Å². The van der Waals surface area contributed by atoms with Crippen LogP contribution in [0.2, 0.25) is 0 Å². The SMILES string of the molecule is O=C(NCC#CCOc1cccnc1)C(=O)c1c[nH]c2ccccc12. The van der Waals surface area contributed by atoms with Gasteiger partial charge in [0.15, 0.2) is 0 Å². The highest BCUT2D eigenvalue weighted by Crippen LogP contribution is 2.17. The summed E-state index contributed by atoms with van der Waals surface area (Å²) < 4.78 is 5.35. The van der Waals surface area contributed by atoms with Crippen molar-refractivity contribution in [1.82, 2.24) is 15.3 Å². The van der Waals surface area contributed by atoms with Gasteiger partial charge in [-0.3, -0.25) is 14.6 Å². The molecule has 0 aliphatic rings. The molecule has 3 aromatic rings. The van der Waals surface area contributed by atoms with Crippen molar-refractivity contribution in [1.29, 1.82) is 0 Å². The van der Waals surface area contributed by atoms with E-state index < -0.39 is 11.7 Å². The number of carbonyl (C=O) groups is 2. The van der Waals surface area contributed by atoms with Crippen LogP contribution in [0.3, 0.4) is 0 Å². The van der Waals surface area contributed by atoms with Gasteiger partial charge in [0.25, 0.3) is 11.7 Å². The molecule has 1 amide bonds. The zero-order valence-electron chi connectivity index (χ0n) is 13.3. The number of para-hydroxylation sites is 1. The highest BCUT2D eigenvalue weighted by molar-refractivity contribution is 6.45. The first-order valence-electron chi connectivity index (χ1n) is 7.63. The van der Waals surface area contributed by atoms with E-state index in [2.05, 4.69) is 27.1 Å². The van der Waals surface area contributed by atoms with E-state index >= 15 is 0 Å². The lowest BCUT2D eigenvalue weighted by Crippen LogP contribution is -2.31. The van der Waals surface area contributed by atoms with Crippen molar-refractivity contribution in [2.75, 3.05) is 13.2 Å². The Bertz CT molecular complexity index is 952. The van der Waals surface area contributed by atoms with E-state index in [9.17, 15) is 9.59 Å². The van der Waals surface area contributed by atoms with E-state index in [1.165, 1.54) is 0 Å². The fraction of sp³-hybridized carbons (Fsp3) is 0.105. The molecule has 0 unspecified atom stereocenters. The number of H-pyrrole nitrogens is 1. The van der Waals surface area contributed by atoms with Crippen LogP contribution < -0.4 is 10.1 Å². The summed E-state index contributed by atoms with van der Waals surface area (Å²) in [6.45, 7) is 0.251. The molecule has 0 saturated heterocycles. The number of aromatic amines is 1. The number of ether oxygens (including phenoxy) is 1. The number of benzene rings is 1. The van der Waals surface area contributed by atoms with E-state index in [4.69, 9.17) is 4.74 Å². The molecule has 6 heteroatoms. The van der Waals surface area contributed by atoms with Gasteiger partial charge >= 0.3 is 0 Å². The van der Waals surface area contributed by atoms with Crippen LogP contribution in [-0.2, 0) is 4.79 Å². The second kappa shape index (κ2) is 7.79. The lowest BCUT2D eigenvalue weighted by atomic mass is 10.1. The molecule has 0 saturated carbocycles. The first-order chi connectivity index (χ1) is 12.3. The Hall–Kier alpha value is -3.59. The van der Waals surface area contributed by atoms with Gasteiger partial charge in [0.1, 0.15) is 12.4 Å². The average molecular weight is 333 g/mol. The van der Waals surface area contributed by atoms with Crippen LogP contribution in [0.25, 0.3) is 10.9 Å². The topological polar surface area (TPSA) is 84.1 Å². The number of ketones is 1. The summed E-state index contributed by atoms with van der Waals surface area (Å²) in [5.41, 5.74) is 1.16. The van der Waals surface area contributed by atoms with E-state index in [1.54, 1.807) is 36.8 Å². The maximum Gasteiger partial charge on any atom is 0.293 e. The molecule has 0 spiro atoms. The van der Waals surface area contributed by atoms with Crippen LogP contribution in [0, 0.1) is 11.8 Å². The van der Waals surface area contributed by atoms with Gasteiger partial charge in [0.05, 0.1) is 18.3 Å². The number of amides is 1. The lowest BCUT2D eigenvalue weighted by molar-refractivity contribution is -0.116. The number of hydrogen-bond acceptors (Lipinski definition) is 4. The number of hydrogen-bond donors (Lipinski definition) is 2. The van der Waals surface area contributed by atoms with Gasteiger partial charge in [-0.25, -0.2) is 0 Å². The van der Waals surface area contributed by atoms with E-state index in [-0.39, 0.29) is 13.2 Å². The Kier molecular flexibility index (Phi) is 5.07. The second-order valence-corrected chi connectivity index (χ2v) is 5.09. The van der Waals surface area contributed by atoms with Crippen LogP contribution in [-0.4, -0.2) is 34.8 Å². The van der Waals surface area contributed by atoms with Crippen molar-refractivity contribution >= 4 is 22.6 Å². The summed E-state index contributed by atoms with van der Waals surface area (Å²) in [6.07, 6.45) is 4.78. The molecular formula is C19H15N3O3. The molecule has 3 rings (SSSR count). The van der Waals surface area contributed by atoms with Gasteiger partial charge in [0.2, 0.25) is 0 Å². The maximum atomic E-state index is 12.2. The van der Waals surface area contributed by atoms with Gasteiger partial charge in [-0.1, -0.05) is 30.0 Å². The first-order valence-corrected chi connectivity index (χ1v) is 7.63. The van der Waals surface area contributed by atoms with Crippen LogP contribution in [0.1, 0.15) is 10.4 Å². The highest BCUT2D eigenvalue weighted by atomic mass is 16.5. The fourth-order valence-corrected chi connectivity index (χ4v) is 2.25. The minimum absolute atomic E-state index is 0.0727. The van der Waals surface area contributed by atoms with Crippen molar-refractivity contribution in [3.8, 4) is 17.6 Å². The molecular weight excluding hydrogens is 318 g/mol. The summed E-state index contributed by atoms with van der Waals surface area (Å²) >= 11 is 0. The Balaban J connectivity index is 1.50. The van der Waals surface area contributed by atoms with Crippen LogP contribution in [0.5, 0.6) is 5.75 Å². The van der Waals surface area contributed by atoms with E-state index in [0.717, 1.165) is 10.9 Å². The molecule has 0 atom stereocenters. The minimum Gasteiger partial charge on any atom is -0.479 e. The molecule has 0 radical (unpaired) electrons. The molecule has 124 valence electrons. The maximum absolute atomic E-state index is 12.2. The number of nitrogens with zero attached hydrogens (tertiary/aromatic N) is 1.